The average Bonchev–Trinajstić information content (AvgIpc) is 3.64. The lowest BCUT2D eigenvalue weighted by Gasteiger charge is -2.48. The van der Waals surface area contributed by atoms with E-state index in [1.807, 2.05) is 0 Å². The Balaban J connectivity index is 1.30. The lowest BCUT2D eigenvalue weighted by Crippen LogP contribution is -2.64. The first-order chi connectivity index (χ1) is 30.6. The van der Waals surface area contributed by atoms with Gasteiger partial charge in [-0.15, -0.1) is 0 Å². The number of furan rings is 1. The zero-order valence-electron chi connectivity index (χ0n) is 41.3. The van der Waals surface area contributed by atoms with Crippen LogP contribution in [0.15, 0.2) is 126 Å². The van der Waals surface area contributed by atoms with Crippen LogP contribution in [0.3, 0.4) is 0 Å². The molecule has 0 amide bonds. The fourth-order valence-electron chi connectivity index (χ4n) is 12.4. The van der Waals surface area contributed by atoms with E-state index in [-0.39, 0.29) is 39.2 Å². The highest BCUT2D eigenvalue weighted by molar-refractivity contribution is 6.98. The maximum atomic E-state index is 7.47. The SMILES string of the molecule is CC(C)(C)c1ccc2oc3c(c2c1)N(c1ccc2c(c1)C(C)(C)CCC2(C)C)c1cc(N(c2ccccc2)c2ccccc2)cc2c1B3c1cc3c(cc1C2(C)C)C(C)(C)CCC3(C)C. The predicted octanol–water partition coefficient (Wildman–Crippen LogP) is 14.8. The summed E-state index contributed by atoms with van der Waals surface area (Å²) in [5.74, 6) is 0. The van der Waals surface area contributed by atoms with Crippen LogP contribution < -0.4 is 26.4 Å². The molecule has 0 spiro atoms. The van der Waals surface area contributed by atoms with Crippen molar-refractivity contribution in [3.63, 3.8) is 0 Å². The van der Waals surface area contributed by atoms with Crippen molar-refractivity contribution >= 4 is 68.4 Å². The molecule has 2 aliphatic heterocycles. The van der Waals surface area contributed by atoms with Crippen LogP contribution in [0, 0.1) is 0 Å². The van der Waals surface area contributed by atoms with Gasteiger partial charge in [0, 0.05) is 39.2 Å². The highest BCUT2D eigenvalue weighted by atomic mass is 16.3. The summed E-state index contributed by atoms with van der Waals surface area (Å²) in [6.45, 7) is 31.5. The van der Waals surface area contributed by atoms with Gasteiger partial charge in [0.2, 0.25) is 0 Å². The Labute approximate surface area is 389 Å². The van der Waals surface area contributed by atoms with Crippen molar-refractivity contribution < 1.29 is 4.42 Å². The molecule has 0 saturated carbocycles. The Morgan fingerprint density at radius 1 is 0.523 bits per heavy atom. The molecule has 6 aromatic carbocycles. The molecular formula is C61H67BN2O. The van der Waals surface area contributed by atoms with Crippen LogP contribution in [0.4, 0.5) is 34.1 Å². The second kappa shape index (κ2) is 13.8. The number of anilines is 6. The Morgan fingerprint density at radius 3 is 1.66 bits per heavy atom. The third-order valence-corrected chi connectivity index (χ3v) is 16.8. The fourth-order valence-corrected chi connectivity index (χ4v) is 12.4. The van der Waals surface area contributed by atoms with Gasteiger partial charge in [0.15, 0.2) is 0 Å². The van der Waals surface area contributed by atoms with Crippen molar-refractivity contribution in [3.8, 4) is 0 Å². The number of nitrogens with zero attached hydrogens (tertiary/aromatic N) is 2. The molecule has 0 bridgehead atoms. The zero-order chi connectivity index (χ0) is 45.8. The number of benzene rings is 6. The molecule has 65 heavy (non-hydrogen) atoms. The van der Waals surface area contributed by atoms with Crippen LogP contribution in [0.5, 0.6) is 0 Å². The van der Waals surface area contributed by atoms with Gasteiger partial charge in [-0.05, 0) is 158 Å². The minimum Gasteiger partial charge on any atom is -0.468 e. The quantitative estimate of drug-likeness (QED) is 0.164. The molecule has 4 heteroatoms. The Bertz CT molecular complexity index is 3030. The van der Waals surface area contributed by atoms with Crippen molar-refractivity contribution in [2.45, 2.75) is 148 Å². The molecule has 0 unspecified atom stereocenters. The molecule has 0 saturated heterocycles. The van der Waals surface area contributed by atoms with E-state index in [9.17, 15) is 0 Å². The Morgan fingerprint density at radius 2 is 1.08 bits per heavy atom. The summed E-state index contributed by atoms with van der Waals surface area (Å²) in [5, 5.41) is 1.18. The summed E-state index contributed by atoms with van der Waals surface area (Å²) in [4.78, 5) is 5.10. The standard InChI is InChI=1S/C61H67BN2O/c1-56(2,3)38-24-27-52-43(32-38)54-55(65-52)62-50-37-47-46(59(8,9)30-31-60(47,10)11)36-48(50)61(12,13)49-34-42(63(39-20-16-14-17-21-39)40-22-18-15-19-23-40)35-51(53(49)62)64(54)41-25-26-44-45(33-41)58(6,7)29-28-57(44,4)5/h14-27,32-37H,28-31H2,1-13H3. The summed E-state index contributed by atoms with van der Waals surface area (Å²) >= 11 is 0. The van der Waals surface area contributed by atoms with Crippen LogP contribution in [-0.2, 0) is 32.5 Å². The average molecular weight is 855 g/mol. The van der Waals surface area contributed by atoms with E-state index < -0.39 is 0 Å². The van der Waals surface area contributed by atoms with Gasteiger partial charge in [-0.2, -0.15) is 0 Å². The van der Waals surface area contributed by atoms with E-state index in [2.05, 4.69) is 221 Å². The normalized spacial score (nSPS) is 19.2. The minimum absolute atomic E-state index is 0.0394. The summed E-state index contributed by atoms with van der Waals surface area (Å²) in [6, 6.07) is 46.7. The zero-order valence-corrected chi connectivity index (χ0v) is 41.3. The van der Waals surface area contributed by atoms with Gasteiger partial charge in [-0.3, -0.25) is 0 Å². The first-order valence-corrected chi connectivity index (χ1v) is 24.4. The van der Waals surface area contributed by atoms with Gasteiger partial charge in [0.05, 0.1) is 11.3 Å². The first-order valence-electron chi connectivity index (χ1n) is 24.4. The second-order valence-corrected chi connectivity index (χ2v) is 24.4. The van der Waals surface area contributed by atoms with Crippen LogP contribution in [-0.4, -0.2) is 6.71 Å². The third-order valence-electron chi connectivity index (χ3n) is 16.8. The lowest BCUT2D eigenvalue weighted by molar-refractivity contribution is 0.331. The molecule has 0 N–H and O–H groups in total. The molecule has 0 radical (unpaired) electrons. The van der Waals surface area contributed by atoms with Crippen molar-refractivity contribution in [1.29, 1.82) is 0 Å². The molecule has 1 aromatic heterocycles. The Kier molecular flexibility index (Phi) is 8.95. The number of rotatable bonds is 4. The van der Waals surface area contributed by atoms with Crippen LogP contribution in [0.25, 0.3) is 11.0 Å². The maximum Gasteiger partial charge on any atom is 0.293 e. The van der Waals surface area contributed by atoms with Gasteiger partial charge in [0.25, 0.3) is 6.71 Å². The van der Waals surface area contributed by atoms with Crippen LogP contribution in [0.1, 0.15) is 155 Å². The van der Waals surface area contributed by atoms with Crippen molar-refractivity contribution in [2.24, 2.45) is 0 Å². The number of fused-ring (bicyclic) bond motifs is 8. The molecule has 3 heterocycles. The van der Waals surface area contributed by atoms with Crippen molar-refractivity contribution in [1.82, 2.24) is 0 Å². The summed E-state index contributed by atoms with van der Waals surface area (Å²) < 4.78 is 7.47. The van der Waals surface area contributed by atoms with Gasteiger partial charge in [0.1, 0.15) is 5.58 Å². The molecular weight excluding hydrogens is 787 g/mol. The smallest absolute Gasteiger partial charge is 0.293 e. The molecule has 11 rings (SSSR count). The van der Waals surface area contributed by atoms with Gasteiger partial charge in [-0.25, -0.2) is 0 Å². The topological polar surface area (TPSA) is 19.6 Å². The second-order valence-electron chi connectivity index (χ2n) is 24.4. The highest BCUT2D eigenvalue weighted by Gasteiger charge is 2.51. The Hall–Kier alpha value is -5.48. The van der Waals surface area contributed by atoms with E-state index in [1.54, 1.807) is 0 Å². The van der Waals surface area contributed by atoms with E-state index in [0.29, 0.717) is 0 Å². The number of hydrogen-bond donors (Lipinski definition) is 0. The number of hydrogen-bond acceptors (Lipinski definition) is 3. The van der Waals surface area contributed by atoms with Gasteiger partial charge < -0.3 is 14.2 Å². The molecule has 0 atom stereocenters. The first kappa shape index (κ1) is 42.2. The maximum absolute atomic E-state index is 7.47. The molecule has 4 aliphatic rings. The minimum atomic E-state index is -0.325. The summed E-state index contributed by atoms with van der Waals surface area (Å²) in [7, 11) is 0. The molecule has 7 aromatic rings. The predicted molar refractivity (Wildman–Crippen MR) is 278 cm³/mol. The lowest BCUT2D eigenvalue weighted by atomic mass is 9.31. The van der Waals surface area contributed by atoms with Crippen molar-refractivity contribution in [3.05, 3.63) is 160 Å². The number of para-hydroxylation sites is 2. The molecule has 0 fully saturated rings. The van der Waals surface area contributed by atoms with Gasteiger partial charge in [-0.1, -0.05) is 156 Å². The van der Waals surface area contributed by atoms with Crippen molar-refractivity contribution in [2.75, 3.05) is 9.80 Å². The van der Waals surface area contributed by atoms with Gasteiger partial charge >= 0.3 is 0 Å². The third kappa shape index (κ3) is 6.28. The molecule has 3 nitrogen and oxygen atoms in total. The largest absolute Gasteiger partial charge is 0.468 e. The molecule has 330 valence electrons. The monoisotopic (exact) mass is 855 g/mol. The van der Waals surface area contributed by atoms with Crippen LogP contribution in [0.2, 0.25) is 0 Å². The molecule has 2 aliphatic carbocycles. The summed E-state index contributed by atoms with van der Waals surface area (Å²) in [5.41, 5.74) is 21.7. The highest BCUT2D eigenvalue weighted by Crippen LogP contribution is 2.54. The fraction of sp³-hybridized carbons (Fsp3) is 0.377. The van der Waals surface area contributed by atoms with Crippen LogP contribution >= 0.6 is 0 Å². The summed E-state index contributed by atoms with van der Waals surface area (Å²) in [6.07, 6.45) is 4.69. The van der Waals surface area contributed by atoms with E-state index in [0.717, 1.165) is 34.7 Å². The van der Waals surface area contributed by atoms with E-state index in [1.165, 1.54) is 91.6 Å². The van der Waals surface area contributed by atoms with E-state index >= 15 is 0 Å². The van der Waals surface area contributed by atoms with E-state index in [4.69, 9.17) is 4.42 Å².